The molecule has 5 heteroatoms. The molecule has 1 aromatic rings. The second-order valence-corrected chi connectivity index (χ2v) is 4.19. The highest BCUT2D eigenvalue weighted by Gasteiger charge is 2.11. The predicted molar refractivity (Wildman–Crippen MR) is 74.5 cm³/mol. The van der Waals surface area contributed by atoms with Gasteiger partial charge in [0.1, 0.15) is 5.82 Å². The third kappa shape index (κ3) is 3.91. The summed E-state index contributed by atoms with van der Waals surface area (Å²) < 4.78 is 0. The SMILES string of the molecule is CCN(CC)C(=O)CCN(C)c1ccc(N)cn1. The van der Waals surface area contributed by atoms with E-state index in [0.29, 0.717) is 18.7 Å². The summed E-state index contributed by atoms with van der Waals surface area (Å²) in [5.74, 6) is 1.01. The van der Waals surface area contributed by atoms with E-state index in [-0.39, 0.29) is 5.91 Å². The van der Waals surface area contributed by atoms with E-state index in [1.807, 2.05) is 42.8 Å². The summed E-state index contributed by atoms with van der Waals surface area (Å²) in [5.41, 5.74) is 6.23. The van der Waals surface area contributed by atoms with Gasteiger partial charge in [-0.1, -0.05) is 0 Å². The molecule has 0 aromatic carbocycles. The molecule has 2 N–H and O–H groups in total. The maximum absolute atomic E-state index is 11.9. The molecule has 100 valence electrons. The van der Waals surface area contributed by atoms with Gasteiger partial charge in [-0.3, -0.25) is 4.79 Å². The summed E-state index contributed by atoms with van der Waals surface area (Å²) in [4.78, 5) is 19.9. The number of nitrogens with zero attached hydrogens (tertiary/aromatic N) is 3. The number of carbonyl (C=O) groups is 1. The molecule has 0 aliphatic carbocycles. The highest BCUT2D eigenvalue weighted by atomic mass is 16.2. The van der Waals surface area contributed by atoms with Crippen molar-refractivity contribution in [1.29, 1.82) is 0 Å². The van der Waals surface area contributed by atoms with Crippen LogP contribution in [0.25, 0.3) is 0 Å². The van der Waals surface area contributed by atoms with Gasteiger partial charge in [-0.05, 0) is 26.0 Å². The average molecular weight is 250 g/mol. The van der Waals surface area contributed by atoms with Crippen molar-refractivity contribution >= 4 is 17.4 Å². The lowest BCUT2D eigenvalue weighted by molar-refractivity contribution is -0.130. The van der Waals surface area contributed by atoms with Crippen molar-refractivity contribution in [3.05, 3.63) is 18.3 Å². The number of anilines is 2. The minimum atomic E-state index is 0.183. The van der Waals surface area contributed by atoms with Crippen LogP contribution in [0.4, 0.5) is 11.5 Å². The van der Waals surface area contributed by atoms with Crippen LogP contribution < -0.4 is 10.6 Å². The third-order valence-corrected chi connectivity index (χ3v) is 2.94. The van der Waals surface area contributed by atoms with Crippen molar-refractivity contribution in [2.75, 3.05) is 37.3 Å². The molecular weight excluding hydrogens is 228 g/mol. The van der Waals surface area contributed by atoms with Crippen LogP contribution in [0.15, 0.2) is 18.3 Å². The molecule has 1 rings (SSSR count). The molecule has 0 spiro atoms. The molecule has 1 heterocycles. The minimum Gasteiger partial charge on any atom is -0.397 e. The first-order valence-corrected chi connectivity index (χ1v) is 6.28. The van der Waals surface area contributed by atoms with Crippen LogP contribution in [0.3, 0.4) is 0 Å². The second kappa shape index (κ2) is 6.83. The molecule has 0 unspecified atom stereocenters. The van der Waals surface area contributed by atoms with E-state index in [4.69, 9.17) is 5.73 Å². The maximum atomic E-state index is 11.9. The van der Waals surface area contributed by atoms with Crippen LogP contribution in [-0.4, -0.2) is 42.5 Å². The topological polar surface area (TPSA) is 62.5 Å². The van der Waals surface area contributed by atoms with Crippen molar-refractivity contribution in [1.82, 2.24) is 9.88 Å². The summed E-state index contributed by atoms with van der Waals surface area (Å²) in [6.07, 6.45) is 2.13. The predicted octanol–water partition coefficient (Wildman–Crippen LogP) is 1.36. The van der Waals surface area contributed by atoms with Crippen LogP contribution in [-0.2, 0) is 4.79 Å². The number of carbonyl (C=O) groups excluding carboxylic acids is 1. The van der Waals surface area contributed by atoms with E-state index in [1.165, 1.54) is 0 Å². The van der Waals surface area contributed by atoms with Gasteiger partial charge < -0.3 is 15.5 Å². The van der Waals surface area contributed by atoms with Gasteiger partial charge in [0.2, 0.25) is 5.91 Å². The Morgan fingerprint density at radius 3 is 2.50 bits per heavy atom. The van der Waals surface area contributed by atoms with Gasteiger partial charge >= 0.3 is 0 Å². The van der Waals surface area contributed by atoms with Crippen LogP contribution >= 0.6 is 0 Å². The number of amides is 1. The minimum absolute atomic E-state index is 0.183. The van der Waals surface area contributed by atoms with Crippen molar-refractivity contribution in [2.45, 2.75) is 20.3 Å². The van der Waals surface area contributed by atoms with E-state index < -0.39 is 0 Å². The standard InChI is InChI=1S/C13H22N4O/c1-4-17(5-2)13(18)8-9-16(3)12-7-6-11(14)10-15-12/h6-7,10H,4-5,8-9,14H2,1-3H3. The van der Waals surface area contributed by atoms with Gasteiger partial charge in [0.05, 0.1) is 11.9 Å². The van der Waals surface area contributed by atoms with Crippen molar-refractivity contribution in [3.8, 4) is 0 Å². The summed E-state index contributed by atoms with van der Waals surface area (Å²) in [7, 11) is 1.92. The zero-order chi connectivity index (χ0) is 13.5. The zero-order valence-electron chi connectivity index (χ0n) is 11.4. The summed E-state index contributed by atoms with van der Waals surface area (Å²) >= 11 is 0. The molecule has 0 radical (unpaired) electrons. The molecule has 1 amide bonds. The fraction of sp³-hybridized carbons (Fsp3) is 0.538. The number of rotatable bonds is 6. The zero-order valence-corrected chi connectivity index (χ0v) is 11.4. The lowest BCUT2D eigenvalue weighted by Crippen LogP contribution is -2.33. The summed E-state index contributed by atoms with van der Waals surface area (Å²) in [6.45, 7) is 6.17. The number of hydrogen-bond acceptors (Lipinski definition) is 4. The number of nitrogens with two attached hydrogens (primary N) is 1. The third-order valence-electron chi connectivity index (χ3n) is 2.94. The normalized spacial score (nSPS) is 10.2. The Morgan fingerprint density at radius 2 is 2.00 bits per heavy atom. The molecule has 0 aliphatic rings. The molecule has 5 nitrogen and oxygen atoms in total. The molecule has 18 heavy (non-hydrogen) atoms. The Morgan fingerprint density at radius 1 is 1.33 bits per heavy atom. The van der Waals surface area contributed by atoms with Gasteiger partial charge in [0, 0.05) is 33.1 Å². The first-order valence-electron chi connectivity index (χ1n) is 6.28. The van der Waals surface area contributed by atoms with Crippen molar-refractivity contribution < 1.29 is 4.79 Å². The number of nitrogen functional groups attached to an aromatic ring is 1. The highest BCUT2D eigenvalue weighted by molar-refractivity contribution is 5.76. The van der Waals surface area contributed by atoms with Gasteiger partial charge in [-0.2, -0.15) is 0 Å². The molecule has 1 aromatic heterocycles. The van der Waals surface area contributed by atoms with Crippen molar-refractivity contribution in [2.24, 2.45) is 0 Å². The van der Waals surface area contributed by atoms with Gasteiger partial charge in [-0.15, -0.1) is 0 Å². The summed E-state index contributed by atoms with van der Waals surface area (Å²) in [6, 6.07) is 3.67. The van der Waals surface area contributed by atoms with E-state index in [2.05, 4.69) is 4.98 Å². The first kappa shape index (κ1) is 14.3. The van der Waals surface area contributed by atoms with Gasteiger partial charge in [0.25, 0.3) is 0 Å². The molecule has 0 fully saturated rings. The van der Waals surface area contributed by atoms with E-state index in [1.54, 1.807) is 6.20 Å². The molecular formula is C13H22N4O. The van der Waals surface area contributed by atoms with Crippen LogP contribution in [0, 0.1) is 0 Å². The Hall–Kier alpha value is -1.78. The number of pyridine rings is 1. The summed E-state index contributed by atoms with van der Waals surface area (Å²) in [5, 5.41) is 0. The van der Waals surface area contributed by atoms with Crippen LogP contribution in [0.2, 0.25) is 0 Å². The molecule has 0 saturated carbocycles. The Kier molecular flexibility index (Phi) is 5.42. The van der Waals surface area contributed by atoms with E-state index >= 15 is 0 Å². The highest BCUT2D eigenvalue weighted by Crippen LogP contribution is 2.11. The second-order valence-electron chi connectivity index (χ2n) is 4.19. The Balaban J connectivity index is 2.48. The fourth-order valence-electron chi connectivity index (χ4n) is 1.74. The van der Waals surface area contributed by atoms with Crippen molar-refractivity contribution in [3.63, 3.8) is 0 Å². The number of aromatic nitrogens is 1. The largest absolute Gasteiger partial charge is 0.397 e. The molecule has 0 aliphatic heterocycles. The lowest BCUT2D eigenvalue weighted by atomic mass is 10.3. The van der Waals surface area contributed by atoms with Crippen LogP contribution in [0.1, 0.15) is 20.3 Å². The first-order chi connectivity index (χ1) is 8.58. The van der Waals surface area contributed by atoms with Crippen LogP contribution in [0.5, 0.6) is 0 Å². The smallest absolute Gasteiger partial charge is 0.224 e. The van der Waals surface area contributed by atoms with Gasteiger partial charge in [0.15, 0.2) is 0 Å². The molecule has 0 atom stereocenters. The Labute approximate surface area is 109 Å². The number of hydrogen-bond donors (Lipinski definition) is 1. The van der Waals surface area contributed by atoms with E-state index in [0.717, 1.165) is 18.9 Å². The quantitative estimate of drug-likeness (QED) is 0.828. The average Bonchev–Trinajstić information content (AvgIpc) is 2.38. The molecule has 0 bridgehead atoms. The fourth-order valence-corrected chi connectivity index (χ4v) is 1.74. The monoisotopic (exact) mass is 250 g/mol. The maximum Gasteiger partial charge on any atom is 0.224 e. The Bertz CT molecular complexity index is 373. The lowest BCUT2D eigenvalue weighted by Gasteiger charge is -2.22. The van der Waals surface area contributed by atoms with Gasteiger partial charge in [-0.25, -0.2) is 4.98 Å². The van der Waals surface area contributed by atoms with E-state index in [9.17, 15) is 4.79 Å². The molecule has 0 saturated heterocycles.